The molecule has 2 aromatic rings. The first-order valence-corrected chi connectivity index (χ1v) is 6.91. The van der Waals surface area contributed by atoms with E-state index in [1.807, 2.05) is 24.2 Å². The minimum Gasteiger partial charge on any atom is -0.354 e. The number of aromatic amines is 1. The van der Waals surface area contributed by atoms with Crippen LogP contribution >= 0.6 is 0 Å². The summed E-state index contributed by atoms with van der Waals surface area (Å²) in [6.45, 7) is 3.83. The zero-order chi connectivity index (χ0) is 14.1. The Bertz CT molecular complexity index is 610. The van der Waals surface area contributed by atoms with Gasteiger partial charge in [0.15, 0.2) is 0 Å². The van der Waals surface area contributed by atoms with Gasteiger partial charge in [-0.3, -0.25) is 4.79 Å². The molecule has 2 aromatic heterocycles. The number of piperidine rings is 1. The predicted octanol–water partition coefficient (Wildman–Crippen LogP) is 1.26. The minimum atomic E-state index is 0.280. The molecule has 0 aromatic carbocycles. The van der Waals surface area contributed by atoms with Crippen LogP contribution in [0.4, 0.5) is 5.82 Å². The van der Waals surface area contributed by atoms with Crippen molar-refractivity contribution in [2.45, 2.75) is 19.4 Å². The first-order valence-electron chi connectivity index (χ1n) is 6.91. The molecule has 106 valence electrons. The second kappa shape index (κ2) is 5.11. The van der Waals surface area contributed by atoms with Crippen molar-refractivity contribution in [2.75, 3.05) is 25.0 Å². The normalized spacial score (nSPS) is 23.0. The number of H-pyrrole nitrogens is 1. The zero-order valence-corrected chi connectivity index (χ0v) is 11.8. The van der Waals surface area contributed by atoms with E-state index in [0.29, 0.717) is 5.92 Å². The third-order valence-corrected chi connectivity index (χ3v) is 4.26. The quantitative estimate of drug-likeness (QED) is 0.855. The van der Waals surface area contributed by atoms with Gasteiger partial charge in [-0.1, -0.05) is 6.92 Å². The van der Waals surface area contributed by atoms with Gasteiger partial charge in [-0.2, -0.15) is 0 Å². The minimum absolute atomic E-state index is 0.280. The van der Waals surface area contributed by atoms with Crippen LogP contribution < -0.4 is 4.90 Å². The molecular weight excluding hydrogens is 254 g/mol. The van der Waals surface area contributed by atoms with Crippen molar-refractivity contribution in [1.29, 1.82) is 0 Å². The largest absolute Gasteiger partial charge is 0.354 e. The average Bonchev–Trinajstić information content (AvgIpc) is 2.95. The molecule has 0 spiro atoms. The molecule has 0 aliphatic carbocycles. The van der Waals surface area contributed by atoms with Crippen molar-refractivity contribution in [3.8, 4) is 0 Å². The zero-order valence-electron chi connectivity index (χ0n) is 11.8. The molecule has 1 aliphatic rings. The summed E-state index contributed by atoms with van der Waals surface area (Å²) < 4.78 is 0. The van der Waals surface area contributed by atoms with Crippen LogP contribution in [0.3, 0.4) is 0 Å². The number of carbonyl (C=O) groups is 1. The van der Waals surface area contributed by atoms with Gasteiger partial charge in [-0.25, -0.2) is 9.97 Å². The summed E-state index contributed by atoms with van der Waals surface area (Å²) in [4.78, 5) is 26.8. The maximum atomic E-state index is 11.0. The summed E-state index contributed by atoms with van der Waals surface area (Å²) in [5, 5.41) is 1.02. The fourth-order valence-electron chi connectivity index (χ4n) is 2.97. The number of nitrogens with zero attached hydrogens (tertiary/aromatic N) is 4. The van der Waals surface area contributed by atoms with E-state index in [1.54, 1.807) is 6.33 Å². The Labute approximate surface area is 117 Å². The number of nitrogens with one attached hydrogen (secondary N) is 1. The number of fused-ring (bicyclic) bond motifs is 1. The van der Waals surface area contributed by atoms with Gasteiger partial charge in [0, 0.05) is 26.3 Å². The number of likely N-dealkylation sites (tertiary alicyclic amines) is 1. The molecule has 0 unspecified atom stereocenters. The first-order chi connectivity index (χ1) is 9.70. The molecule has 3 heterocycles. The highest BCUT2D eigenvalue weighted by atomic mass is 16.1. The van der Waals surface area contributed by atoms with Crippen molar-refractivity contribution < 1.29 is 4.79 Å². The molecule has 1 amide bonds. The lowest BCUT2D eigenvalue weighted by atomic mass is 9.92. The molecule has 1 aliphatic heterocycles. The number of aromatic nitrogens is 3. The van der Waals surface area contributed by atoms with Gasteiger partial charge in [-0.15, -0.1) is 0 Å². The number of likely N-dealkylation sites (N-methyl/N-ethyl adjacent to an activating group) is 1. The highest BCUT2D eigenvalue weighted by Gasteiger charge is 2.30. The van der Waals surface area contributed by atoms with Crippen LogP contribution in [-0.4, -0.2) is 52.4 Å². The summed E-state index contributed by atoms with van der Waals surface area (Å²) in [7, 11) is 2.05. The summed E-state index contributed by atoms with van der Waals surface area (Å²) in [5.41, 5.74) is 0.845. The fraction of sp³-hybridized carbons (Fsp3) is 0.500. The van der Waals surface area contributed by atoms with Gasteiger partial charge >= 0.3 is 0 Å². The lowest BCUT2D eigenvalue weighted by molar-refractivity contribution is -0.119. The predicted molar refractivity (Wildman–Crippen MR) is 77.5 cm³/mol. The average molecular weight is 273 g/mol. The van der Waals surface area contributed by atoms with Gasteiger partial charge in [-0.05, 0) is 18.4 Å². The van der Waals surface area contributed by atoms with Crippen LogP contribution in [0.1, 0.15) is 13.3 Å². The van der Waals surface area contributed by atoms with E-state index < -0.39 is 0 Å². The fourth-order valence-corrected chi connectivity index (χ4v) is 2.97. The molecule has 1 fully saturated rings. The van der Waals surface area contributed by atoms with Gasteiger partial charge in [0.2, 0.25) is 6.41 Å². The van der Waals surface area contributed by atoms with Crippen molar-refractivity contribution >= 4 is 23.3 Å². The summed E-state index contributed by atoms with van der Waals surface area (Å²) >= 11 is 0. The van der Waals surface area contributed by atoms with Crippen LogP contribution in [0.2, 0.25) is 0 Å². The number of carbonyl (C=O) groups excluding carboxylic acids is 1. The first kappa shape index (κ1) is 12.9. The van der Waals surface area contributed by atoms with E-state index in [0.717, 1.165) is 42.8 Å². The lowest BCUT2D eigenvalue weighted by Gasteiger charge is -2.40. The number of anilines is 1. The van der Waals surface area contributed by atoms with E-state index in [-0.39, 0.29) is 6.04 Å². The lowest BCUT2D eigenvalue weighted by Crippen LogP contribution is -2.50. The van der Waals surface area contributed by atoms with Gasteiger partial charge in [0.25, 0.3) is 0 Å². The molecule has 1 N–H and O–H groups in total. The molecule has 6 nitrogen and oxygen atoms in total. The Morgan fingerprint density at radius 2 is 2.35 bits per heavy atom. The SMILES string of the molecule is C[C@@H]1CCN(C=O)C[C@@H]1N(C)c1ncnc2[nH]ccc12. The Morgan fingerprint density at radius 3 is 3.15 bits per heavy atom. The standard InChI is InChI=1S/C14H19N5O/c1-10-4-6-19(9-20)7-12(10)18(2)14-11-3-5-15-13(11)16-8-17-14/h3,5,8-10,12H,4,6-7H2,1-2H3,(H,15,16,17)/t10-,12+/m1/s1. The van der Waals surface area contributed by atoms with Crippen LogP contribution in [0.15, 0.2) is 18.6 Å². The number of rotatable bonds is 3. The van der Waals surface area contributed by atoms with Crippen molar-refractivity contribution in [1.82, 2.24) is 19.9 Å². The van der Waals surface area contributed by atoms with Crippen molar-refractivity contribution in [3.63, 3.8) is 0 Å². The molecule has 0 saturated carbocycles. The smallest absolute Gasteiger partial charge is 0.209 e. The van der Waals surface area contributed by atoms with Crippen LogP contribution in [-0.2, 0) is 4.79 Å². The molecular formula is C14H19N5O. The van der Waals surface area contributed by atoms with Crippen LogP contribution in [0, 0.1) is 5.92 Å². The Kier molecular flexibility index (Phi) is 3.30. The van der Waals surface area contributed by atoms with E-state index in [2.05, 4.69) is 26.8 Å². The van der Waals surface area contributed by atoms with Gasteiger partial charge in [0.1, 0.15) is 17.8 Å². The molecule has 0 radical (unpaired) electrons. The molecule has 2 atom stereocenters. The monoisotopic (exact) mass is 273 g/mol. The third-order valence-electron chi connectivity index (χ3n) is 4.26. The van der Waals surface area contributed by atoms with Crippen molar-refractivity contribution in [3.05, 3.63) is 18.6 Å². The van der Waals surface area contributed by atoms with Crippen LogP contribution in [0.25, 0.3) is 11.0 Å². The van der Waals surface area contributed by atoms with E-state index >= 15 is 0 Å². The Balaban J connectivity index is 1.92. The number of hydrogen-bond acceptors (Lipinski definition) is 4. The molecule has 6 heteroatoms. The number of amides is 1. The Morgan fingerprint density at radius 1 is 1.50 bits per heavy atom. The maximum Gasteiger partial charge on any atom is 0.209 e. The highest BCUT2D eigenvalue weighted by Crippen LogP contribution is 2.28. The maximum absolute atomic E-state index is 11.0. The van der Waals surface area contributed by atoms with E-state index in [1.165, 1.54) is 0 Å². The molecule has 20 heavy (non-hydrogen) atoms. The topological polar surface area (TPSA) is 65.1 Å². The third kappa shape index (κ3) is 2.11. The second-order valence-electron chi connectivity index (χ2n) is 5.48. The molecule has 3 rings (SSSR count). The summed E-state index contributed by atoms with van der Waals surface area (Å²) in [5.74, 6) is 1.45. The highest BCUT2D eigenvalue weighted by molar-refractivity contribution is 5.87. The van der Waals surface area contributed by atoms with Crippen molar-refractivity contribution in [2.24, 2.45) is 5.92 Å². The summed E-state index contributed by atoms with van der Waals surface area (Å²) in [6.07, 6.45) is 5.42. The van der Waals surface area contributed by atoms with Gasteiger partial charge in [0.05, 0.1) is 11.4 Å². The molecule has 1 saturated heterocycles. The Hall–Kier alpha value is -2.11. The van der Waals surface area contributed by atoms with E-state index in [4.69, 9.17) is 0 Å². The van der Waals surface area contributed by atoms with Gasteiger partial charge < -0.3 is 14.8 Å². The van der Waals surface area contributed by atoms with E-state index in [9.17, 15) is 4.79 Å². The number of hydrogen-bond donors (Lipinski definition) is 1. The second-order valence-corrected chi connectivity index (χ2v) is 5.48. The van der Waals surface area contributed by atoms with Crippen LogP contribution in [0.5, 0.6) is 0 Å². The molecule has 0 bridgehead atoms. The summed E-state index contributed by atoms with van der Waals surface area (Å²) in [6, 6.07) is 2.27.